The predicted octanol–water partition coefficient (Wildman–Crippen LogP) is 1.08. The molecule has 2 aliphatic rings. The topological polar surface area (TPSA) is 15.3 Å². The first-order valence-corrected chi connectivity index (χ1v) is 5.14. The molecule has 0 radical (unpaired) electrons. The van der Waals surface area contributed by atoms with Crippen LogP contribution in [0.25, 0.3) is 0 Å². The van der Waals surface area contributed by atoms with Gasteiger partial charge in [-0.3, -0.25) is 0 Å². The zero-order chi connectivity index (χ0) is 8.60. The van der Waals surface area contributed by atoms with Gasteiger partial charge in [0, 0.05) is 19.1 Å². The van der Waals surface area contributed by atoms with Crippen LogP contribution in [-0.2, 0) is 0 Å². The molecule has 1 heterocycles. The highest BCUT2D eigenvalue weighted by atomic mass is 15.2. The Hall–Kier alpha value is -0.0800. The third kappa shape index (κ3) is 1.64. The van der Waals surface area contributed by atoms with Crippen LogP contribution >= 0.6 is 0 Å². The molecule has 0 unspecified atom stereocenters. The molecule has 0 amide bonds. The number of likely N-dealkylation sites (tertiary alicyclic amines) is 1. The average Bonchev–Trinajstić information content (AvgIpc) is 2.68. The average molecular weight is 168 g/mol. The lowest BCUT2D eigenvalue weighted by Gasteiger charge is -2.20. The van der Waals surface area contributed by atoms with E-state index < -0.39 is 0 Å². The molecule has 1 atom stereocenters. The van der Waals surface area contributed by atoms with Gasteiger partial charge in [-0.1, -0.05) is 0 Å². The van der Waals surface area contributed by atoms with Crippen molar-refractivity contribution in [1.82, 2.24) is 10.2 Å². The summed E-state index contributed by atoms with van der Waals surface area (Å²) in [6.45, 7) is 6.21. The zero-order valence-corrected chi connectivity index (χ0v) is 8.27. The SMILES string of the molecule is CN[C@@H](C)CN1CCC2(CC2)C1. The fourth-order valence-corrected chi connectivity index (χ4v) is 2.25. The van der Waals surface area contributed by atoms with Crippen molar-refractivity contribution in [1.29, 1.82) is 0 Å². The van der Waals surface area contributed by atoms with Gasteiger partial charge in [0.25, 0.3) is 0 Å². The molecule has 2 rings (SSSR count). The maximum atomic E-state index is 3.30. The summed E-state index contributed by atoms with van der Waals surface area (Å²) in [7, 11) is 2.05. The first-order chi connectivity index (χ1) is 5.74. The van der Waals surface area contributed by atoms with E-state index in [0.29, 0.717) is 6.04 Å². The van der Waals surface area contributed by atoms with E-state index in [1.807, 2.05) is 7.05 Å². The van der Waals surface area contributed by atoms with Crippen molar-refractivity contribution in [3.8, 4) is 0 Å². The summed E-state index contributed by atoms with van der Waals surface area (Å²) < 4.78 is 0. The number of rotatable bonds is 3. The minimum absolute atomic E-state index is 0.652. The van der Waals surface area contributed by atoms with Gasteiger partial charge in [-0.05, 0) is 45.2 Å². The van der Waals surface area contributed by atoms with E-state index in [2.05, 4.69) is 17.1 Å². The Morgan fingerprint density at radius 2 is 2.17 bits per heavy atom. The monoisotopic (exact) mass is 168 g/mol. The van der Waals surface area contributed by atoms with Crippen molar-refractivity contribution < 1.29 is 0 Å². The van der Waals surface area contributed by atoms with Gasteiger partial charge < -0.3 is 10.2 Å². The van der Waals surface area contributed by atoms with Gasteiger partial charge in [-0.25, -0.2) is 0 Å². The van der Waals surface area contributed by atoms with Crippen LogP contribution in [-0.4, -0.2) is 37.6 Å². The Bertz CT molecular complexity index is 163. The standard InChI is InChI=1S/C10H20N2/c1-9(11-2)7-12-6-5-10(8-12)3-4-10/h9,11H,3-8H2,1-2H3/t9-/m0/s1. The lowest BCUT2D eigenvalue weighted by molar-refractivity contribution is 0.291. The zero-order valence-electron chi connectivity index (χ0n) is 8.27. The number of hydrogen-bond acceptors (Lipinski definition) is 2. The van der Waals surface area contributed by atoms with Gasteiger partial charge in [0.05, 0.1) is 0 Å². The van der Waals surface area contributed by atoms with Gasteiger partial charge in [-0.15, -0.1) is 0 Å². The first kappa shape index (κ1) is 8.52. The highest BCUT2D eigenvalue weighted by molar-refractivity contribution is 5.00. The van der Waals surface area contributed by atoms with Crippen molar-refractivity contribution in [2.75, 3.05) is 26.7 Å². The van der Waals surface area contributed by atoms with Crippen LogP contribution in [0.5, 0.6) is 0 Å². The van der Waals surface area contributed by atoms with E-state index >= 15 is 0 Å². The molecule has 0 aromatic carbocycles. The maximum absolute atomic E-state index is 3.30. The molecule has 12 heavy (non-hydrogen) atoms. The molecule has 2 nitrogen and oxygen atoms in total. The van der Waals surface area contributed by atoms with Gasteiger partial charge in [0.1, 0.15) is 0 Å². The Balaban J connectivity index is 1.76. The molecule has 1 saturated heterocycles. The molecule has 70 valence electrons. The van der Waals surface area contributed by atoms with Crippen molar-refractivity contribution >= 4 is 0 Å². The molecule has 0 aromatic heterocycles. The maximum Gasteiger partial charge on any atom is 0.0163 e. The van der Waals surface area contributed by atoms with Crippen LogP contribution in [0.4, 0.5) is 0 Å². The molecule has 1 N–H and O–H groups in total. The van der Waals surface area contributed by atoms with E-state index in [4.69, 9.17) is 0 Å². The van der Waals surface area contributed by atoms with Crippen molar-refractivity contribution in [2.24, 2.45) is 5.41 Å². The molecule has 1 saturated carbocycles. The Morgan fingerprint density at radius 3 is 2.67 bits per heavy atom. The van der Waals surface area contributed by atoms with Crippen molar-refractivity contribution in [3.63, 3.8) is 0 Å². The van der Waals surface area contributed by atoms with Crippen molar-refractivity contribution in [2.45, 2.75) is 32.2 Å². The summed E-state index contributed by atoms with van der Waals surface area (Å²) in [4.78, 5) is 2.62. The number of nitrogens with one attached hydrogen (secondary N) is 1. The molecule has 0 aromatic rings. The molecular weight excluding hydrogens is 148 g/mol. The highest BCUT2D eigenvalue weighted by Crippen LogP contribution is 2.52. The van der Waals surface area contributed by atoms with E-state index in [0.717, 1.165) is 5.41 Å². The van der Waals surface area contributed by atoms with Crippen LogP contribution in [0.1, 0.15) is 26.2 Å². The fraction of sp³-hybridized carbons (Fsp3) is 1.00. The quantitative estimate of drug-likeness (QED) is 0.678. The van der Waals surface area contributed by atoms with E-state index in [9.17, 15) is 0 Å². The first-order valence-electron chi connectivity index (χ1n) is 5.14. The van der Waals surface area contributed by atoms with Gasteiger partial charge in [-0.2, -0.15) is 0 Å². The smallest absolute Gasteiger partial charge is 0.0163 e. The molecule has 0 bridgehead atoms. The van der Waals surface area contributed by atoms with Crippen LogP contribution in [0, 0.1) is 5.41 Å². The number of nitrogens with zero attached hydrogens (tertiary/aromatic N) is 1. The minimum Gasteiger partial charge on any atom is -0.316 e. The molecule has 1 aliphatic heterocycles. The summed E-state index contributed by atoms with van der Waals surface area (Å²) in [6.07, 6.45) is 4.46. The van der Waals surface area contributed by atoms with Gasteiger partial charge in [0.15, 0.2) is 0 Å². The molecule has 1 spiro atoms. The van der Waals surface area contributed by atoms with Gasteiger partial charge in [0.2, 0.25) is 0 Å². The van der Waals surface area contributed by atoms with E-state index in [1.54, 1.807) is 0 Å². The second-order valence-corrected chi connectivity index (χ2v) is 4.67. The predicted molar refractivity (Wildman–Crippen MR) is 51.2 cm³/mol. The van der Waals surface area contributed by atoms with Crippen molar-refractivity contribution in [3.05, 3.63) is 0 Å². The van der Waals surface area contributed by atoms with E-state index in [-0.39, 0.29) is 0 Å². The summed E-state index contributed by atoms with van der Waals surface area (Å²) in [5.41, 5.74) is 0.799. The Kier molecular flexibility index (Phi) is 2.13. The largest absolute Gasteiger partial charge is 0.316 e. The molecule has 2 fully saturated rings. The third-order valence-electron chi connectivity index (χ3n) is 3.50. The summed E-state index contributed by atoms with van der Waals surface area (Å²) in [6, 6.07) is 0.652. The molecule has 1 aliphatic carbocycles. The Morgan fingerprint density at radius 1 is 1.42 bits per heavy atom. The number of hydrogen-bond donors (Lipinski definition) is 1. The second-order valence-electron chi connectivity index (χ2n) is 4.67. The summed E-state index contributed by atoms with van der Waals surface area (Å²) in [5.74, 6) is 0. The van der Waals surface area contributed by atoms with E-state index in [1.165, 1.54) is 38.9 Å². The van der Waals surface area contributed by atoms with Crippen LogP contribution in [0.15, 0.2) is 0 Å². The summed E-state index contributed by atoms with van der Waals surface area (Å²) in [5, 5.41) is 3.30. The highest BCUT2D eigenvalue weighted by Gasteiger charge is 2.47. The number of likely N-dealkylation sites (N-methyl/N-ethyl adjacent to an activating group) is 1. The molecular formula is C10H20N2. The van der Waals surface area contributed by atoms with Crippen LogP contribution in [0.3, 0.4) is 0 Å². The lowest BCUT2D eigenvalue weighted by atomic mass is 10.1. The lowest BCUT2D eigenvalue weighted by Crippen LogP contribution is -2.36. The van der Waals surface area contributed by atoms with Gasteiger partial charge >= 0.3 is 0 Å². The Labute approximate surface area is 75.3 Å². The second kappa shape index (κ2) is 3.00. The van der Waals surface area contributed by atoms with Crippen LogP contribution < -0.4 is 5.32 Å². The fourth-order valence-electron chi connectivity index (χ4n) is 2.25. The van der Waals surface area contributed by atoms with Crippen LogP contribution in [0.2, 0.25) is 0 Å². The third-order valence-corrected chi connectivity index (χ3v) is 3.50. The minimum atomic E-state index is 0.652. The summed E-state index contributed by atoms with van der Waals surface area (Å²) >= 11 is 0. The molecule has 2 heteroatoms. The normalized spacial score (nSPS) is 29.5.